The van der Waals surface area contributed by atoms with Gasteiger partial charge < -0.3 is 5.32 Å². The van der Waals surface area contributed by atoms with Crippen LogP contribution >= 0.6 is 15.9 Å². The number of rotatable bonds is 7. The van der Waals surface area contributed by atoms with Crippen LogP contribution in [0.2, 0.25) is 0 Å². The van der Waals surface area contributed by atoms with Crippen LogP contribution in [0.5, 0.6) is 0 Å². The van der Waals surface area contributed by atoms with E-state index in [1.807, 2.05) is 17.1 Å². The van der Waals surface area contributed by atoms with Crippen molar-refractivity contribution in [2.75, 3.05) is 11.9 Å². The van der Waals surface area contributed by atoms with Crippen LogP contribution < -0.4 is 5.32 Å². The average Bonchev–Trinajstić information content (AvgIpc) is 2.97. The van der Waals surface area contributed by atoms with Crippen LogP contribution in [0.1, 0.15) is 39.3 Å². The summed E-state index contributed by atoms with van der Waals surface area (Å²) in [5, 5.41) is 7.67. The van der Waals surface area contributed by atoms with Crippen molar-refractivity contribution in [2.45, 2.75) is 46.6 Å². The Morgan fingerprint density at radius 3 is 2.62 bits per heavy atom. The molecule has 2 rings (SSSR count). The molecule has 0 bridgehead atoms. The lowest BCUT2D eigenvalue weighted by Crippen LogP contribution is -2.07. The molecule has 0 amide bonds. The molecule has 0 spiro atoms. The normalized spacial score (nSPS) is 10.9. The van der Waals surface area contributed by atoms with Crippen molar-refractivity contribution >= 4 is 21.7 Å². The fourth-order valence-electron chi connectivity index (χ4n) is 2.04. The number of halogens is 1. The Morgan fingerprint density at radius 2 is 2.00 bits per heavy atom. The van der Waals surface area contributed by atoms with E-state index in [9.17, 15) is 0 Å². The zero-order valence-electron chi connectivity index (χ0n) is 12.9. The third kappa shape index (κ3) is 3.81. The van der Waals surface area contributed by atoms with Gasteiger partial charge in [-0.05, 0) is 35.7 Å². The summed E-state index contributed by atoms with van der Waals surface area (Å²) in [6.07, 6.45) is 6.85. The quantitative estimate of drug-likeness (QED) is 0.821. The largest absolute Gasteiger partial charge is 0.369 e. The highest BCUT2D eigenvalue weighted by molar-refractivity contribution is 9.10. The monoisotopic (exact) mass is 351 g/mol. The number of hydrogen-bond donors (Lipinski definition) is 1. The molecule has 114 valence electrons. The van der Waals surface area contributed by atoms with Gasteiger partial charge in [-0.15, -0.1) is 0 Å². The van der Waals surface area contributed by atoms with Crippen molar-refractivity contribution in [3.63, 3.8) is 0 Å². The minimum Gasteiger partial charge on any atom is -0.369 e. The van der Waals surface area contributed by atoms with E-state index in [0.29, 0.717) is 0 Å². The molecule has 0 aromatic carbocycles. The number of aromatic nitrogens is 4. The smallest absolute Gasteiger partial charge is 0.165 e. The van der Waals surface area contributed by atoms with Crippen LogP contribution in [0.25, 0.3) is 11.4 Å². The van der Waals surface area contributed by atoms with E-state index in [1.165, 1.54) is 0 Å². The summed E-state index contributed by atoms with van der Waals surface area (Å²) in [6.45, 7) is 8.10. The van der Waals surface area contributed by atoms with E-state index < -0.39 is 0 Å². The maximum absolute atomic E-state index is 4.70. The molecule has 0 fully saturated rings. The van der Waals surface area contributed by atoms with Gasteiger partial charge in [0.25, 0.3) is 0 Å². The second kappa shape index (κ2) is 7.54. The Morgan fingerprint density at radius 1 is 1.19 bits per heavy atom. The molecule has 2 heterocycles. The molecule has 5 nitrogen and oxygen atoms in total. The van der Waals surface area contributed by atoms with Crippen LogP contribution in [0.4, 0.5) is 5.82 Å². The number of nitrogens with zero attached hydrogens (tertiary/aromatic N) is 4. The van der Waals surface area contributed by atoms with Gasteiger partial charge >= 0.3 is 0 Å². The van der Waals surface area contributed by atoms with Crippen LogP contribution in [0.15, 0.2) is 16.9 Å². The molecule has 1 N–H and O–H groups in total. The molecule has 0 atom stereocenters. The Kier molecular flexibility index (Phi) is 5.73. The molecule has 0 saturated carbocycles. The lowest BCUT2D eigenvalue weighted by atomic mass is 10.2. The number of hydrogen-bond acceptors (Lipinski definition) is 4. The molecule has 2 aromatic heterocycles. The van der Waals surface area contributed by atoms with Crippen molar-refractivity contribution < 1.29 is 0 Å². The van der Waals surface area contributed by atoms with E-state index in [4.69, 9.17) is 4.98 Å². The van der Waals surface area contributed by atoms with Crippen LogP contribution in [-0.4, -0.2) is 26.3 Å². The number of nitrogens with one attached hydrogen (secondary N) is 1. The molecule has 21 heavy (non-hydrogen) atoms. The SMILES string of the molecule is CCCNc1nc(-c2cnn(CC)c2)nc(CCC)c1Br. The van der Waals surface area contributed by atoms with Crippen molar-refractivity contribution in [1.82, 2.24) is 19.7 Å². The van der Waals surface area contributed by atoms with Gasteiger partial charge in [0.15, 0.2) is 5.82 Å². The first-order chi connectivity index (χ1) is 10.2. The van der Waals surface area contributed by atoms with E-state index in [2.05, 4.69) is 52.1 Å². The summed E-state index contributed by atoms with van der Waals surface area (Å²) >= 11 is 3.63. The van der Waals surface area contributed by atoms with Gasteiger partial charge in [-0.3, -0.25) is 4.68 Å². The predicted octanol–water partition coefficient (Wildman–Crippen LogP) is 3.90. The Hall–Kier alpha value is -1.43. The van der Waals surface area contributed by atoms with Gasteiger partial charge in [0.05, 0.1) is 21.9 Å². The topological polar surface area (TPSA) is 55.6 Å². The highest BCUT2D eigenvalue weighted by atomic mass is 79.9. The minimum absolute atomic E-state index is 0.736. The molecule has 0 unspecified atom stereocenters. The second-order valence-electron chi connectivity index (χ2n) is 4.92. The van der Waals surface area contributed by atoms with Crippen molar-refractivity contribution in [3.8, 4) is 11.4 Å². The summed E-state index contributed by atoms with van der Waals surface area (Å²) in [4.78, 5) is 9.35. The van der Waals surface area contributed by atoms with Gasteiger partial charge in [-0.2, -0.15) is 5.10 Å². The zero-order chi connectivity index (χ0) is 15.2. The first-order valence-electron chi connectivity index (χ1n) is 7.52. The minimum atomic E-state index is 0.736. The van der Waals surface area contributed by atoms with Crippen molar-refractivity contribution in [3.05, 3.63) is 22.6 Å². The van der Waals surface area contributed by atoms with Crippen LogP contribution in [0.3, 0.4) is 0 Å². The third-order valence-corrected chi connectivity index (χ3v) is 4.00. The Labute approximate surface area is 134 Å². The number of anilines is 1. The van der Waals surface area contributed by atoms with Gasteiger partial charge in [-0.1, -0.05) is 20.3 Å². The van der Waals surface area contributed by atoms with E-state index in [1.54, 1.807) is 0 Å². The first kappa shape index (κ1) is 15.9. The number of aryl methyl sites for hydroxylation is 2. The molecule has 0 saturated heterocycles. The lowest BCUT2D eigenvalue weighted by Gasteiger charge is -2.11. The summed E-state index contributed by atoms with van der Waals surface area (Å²) in [6, 6.07) is 0. The Balaban J connectivity index is 2.41. The van der Waals surface area contributed by atoms with Gasteiger partial charge in [0.2, 0.25) is 0 Å². The predicted molar refractivity (Wildman–Crippen MR) is 89.4 cm³/mol. The summed E-state index contributed by atoms with van der Waals surface area (Å²) < 4.78 is 2.86. The van der Waals surface area contributed by atoms with Gasteiger partial charge in [-0.25, -0.2) is 9.97 Å². The van der Waals surface area contributed by atoms with Gasteiger partial charge in [0.1, 0.15) is 5.82 Å². The van der Waals surface area contributed by atoms with Crippen molar-refractivity contribution in [1.29, 1.82) is 0 Å². The molecule has 2 aromatic rings. The van der Waals surface area contributed by atoms with E-state index in [-0.39, 0.29) is 0 Å². The standard InChI is InChI=1S/C15H22BrN5/c1-4-7-12-13(16)15(17-8-5-2)20-14(19-12)11-9-18-21(6-3)10-11/h9-10H,4-8H2,1-3H3,(H,17,19,20). The Bertz CT molecular complexity index is 594. The molecule has 0 aliphatic heterocycles. The molecule has 0 radical (unpaired) electrons. The molecule has 6 heteroatoms. The molecular weight excluding hydrogens is 330 g/mol. The third-order valence-electron chi connectivity index (χ3n) is 3.16. The first-order valence-corrected chi connectivity index (χ1v) is 8.31. The molecule has 0 aliphatic carbocycles. The fraction of sp³-hybridized carbons (Fsp3) is 0.533. The summed E-state index contributed by atoms with van der Waals surface area (Å²) in [5.74, 6) is 1.61. The maximum Gasteiger partial charge on any atom is 0.165 e. The second-order valence-corrected chi connectivity index (χ2v) is 5.71. The van der Waals surface area contributed by atoms with Crippen molar-refractivity contribution in [2.24, 2.45) is 0 Å². The van der Waals surface area contributed by atoms with E-state index >= 15 is 0 Å². The highest BCUT2D eigenvalue weighted by Gasteiger charge is 2.13. The summed E-state index contributed by atoms with van der Waals surface area (Å²) in [7, 11) is 0. The zero-order valence-corrected chi connectivity index (χ0v) is 14.4. The maximum atomic E-state index is 4.70. The summed E-state index contributed by atoms with van der Waals surface area (Å²) in [5.41, 5.74) is 2.01. The van der Waals surface area contributed by atoms with Crippen LogP contribution in [0, 0.1) is 0 Å². The van der Waals surface area contributed by atoms with Crippen LogP contribution in [-0.2, 0) is 13.0 Å². The van der Waals surface area contributed by atoms with Gasteiger partial charge in [0, 0.05) is 19.3 Å². The highest BCUT2D eigenvalue weighted by Crippen LogP contribution is 2.28. The average molecular weight is 352 g/mol. The molecular formula is C15H22BrN5. The lowest BCUT2D eigenvalue weighted by molar-refractivity contribution is 0.660. The fourth-order valence-corrected chi connectivity index (χ4v) is 2.55. The molecule has 0 aliphatic rings. The van der Waals surface area contributed by atoms with E-state index in [0.717, 1.165) is 59.7 Å².